The van der Waals surface area contributed by atoms with E-state index in [0.29, 0.717) is 10.0 Å². The number of nitrogens with zero attached hydrogens (tertiary/aromatic N) is 2. The monoisotopic (exact) mass is 561 g/mol. The van der Waals surface area contributed by atoms with Crippen molar-refractivity contribution in [3.05, 3.63) is 94.5 Å². The van der Waals surface area contributed by atoms with E-state index in [-0.39, 0.29) is 29.1 Å². The maximum Gasteiger partial charge on any atom is 0.264 e. The fourth-order valence-corrected chi connectivity index (χ4v) is 5.38. The molecule has 0 heterocycles. The predicted octanol–water partition coefficient (Wildman–Crippen LogP) is 5.13. The van der Waals surface area contributed by atoms with Crippen molar-refractivity contribution < 1.29 is 18.0 Å². The van der Waals surface area contributed by atoms with E-state index < -0.39 is 28.5 Å². The summed E-state index contributed by atoms with van der Waals surface area (Å²) < 4.78 is 28.4. The number of rotatable bonds is 10. The van der Waals surface area contributed by atoms with Crippen molar-refractivity contribution in [2.24, 2.45) is 0 Å². The predicted molar refractivity (Wildman–Crippen MR) is 147 cm³/mol. The molecule has 0 unspecified atom stereocenters. The molecule has 0 bridgehead atoms. The first-order chi connectivity index (χ1) is 17.5. The van der Waals surface area contributed by atoms with Crippen LogP contribution in [-0.4, -0.2) is 43.8 Å². The molecule has 0 saturated carbocycles. The minimum Gasteiger partial charge on any atom is -0.352 e. The summed E-state index contributed by atoms with van der Waals surface area (Å²) >= 11 is 12.1. The number of halogens is 2. The Bertz CT molecular complexity index is 1330. The van der Waals surface area contributed by atoms with Crippen LogP contribution in [0, 0.1) is 0 Å². The molecule has 3 rings (SSSR count). The number of benzene rings is 3. The summed E-state index contributed by atoms with van der Waals surface area (Å²) in [7, 11) is -4.19. The van der Waals surface area contributed by atoms with Gasteiger partial charge in [0.2, 0.25) is 11.8 Å². The number of amides is 2. The van der Waals surface area contributed by atoms with Gasteiger partial charge in [0.15, 0.2) is 0 Å². The third kappa shape index (κ3) is 7.47. The number of anilines is 1. The van der Waals surface area contributed by atoms with Crippen molar-refractivity contribution in [1.29, 1.82) is 0 Å². The van der Waals surface area contributed by atoms with Gasteiger partial charge in [0.05, 0.1) is 10.6 Å². The highest BCUT2D eigenvalue weighted by molar-refractivity contribution is 7.92. The van der Waals surface area contributed by atoms with E-state index in [9.17, 15) is 18.0 Å². The molecular formula is C27H29Cl2N3O4S. The molecule has 0 fully saturated rings. The number of hydrogen-bond donors (Lipinski definition) is 1. The Morgan fingerprint density at radius 1 is 0.865 bits per heavy atom. The summed E-state index contributed by atoms with van der Waals surface area (Å²) in [6.07, 6.45) is 0. The van der Waals surface area contributed by atoms with Gasteiger partial charge in [-0.2, -0.15) is 0 Å². The van der Waals surface area contributed by atoms with Gasteiger partial charge in [-0.1, -0.05) is 59.6 Å². The van der Waals surface area contributed by atoms with Crippen molar-refractivity contribution in [3.8, 4) is 0 Å². The molecule has 196 valence electrons. The zero-order valence-corrected chi connectivity index (χ0v) is 23.1. The van der Waals surface area contributed by atoms with Gasteiger partial charge < -0.3 is 10.2 Å². The summed E-state index contributed by atoms with van der Waals surface area (Å²) in [6, 6.07) is 20.1. The molecule has 3 aromatic rings. The lowest BCUT2D eigenvalue weighted by Crippen LogP contribution is -2.52. The van der Waals surface area contributed by atoms with Crippen molar-refractivity contribution in [1.82, 2.24) is 10.2 Å². The van der Waals surface area contributed by atoms with Crippen LogP contribution in [0.15, 0.2) is 83.8 Å². The summed E-state index contributed by atoms with van der Waals surface area (Å²) in [4.78, 5) is 28.0. The first kappa shape index (κ1) is 28.5. The van der Waals surface area contributed by atoms with Crippen LogP contribution in [0.25, 0.3) is 0 Å². The minimum absolute atomic E-state index is 0.0371. The van der Waals surface area contributed by atoms with Crippen LogP contribution >= 0.6 is 23.2 Å². The maximum absolute atomic E-state index is 13.8. The van der Waals surface area contributed by atoms with Gasteiger partial charge in [0.1, 0.15) is 12.6 Å². The summed E-state index contributed by atoms with van der Waals surface area (Å²) in [6.45, 7) is 4.85. The van der Waals surface area contributed by atoms with Crippen LogP contribution < -0.4 is 9.62 Å². The second kappa shape index (κ2) is 12.4. The van der Waals surface area contributed by atoms with Crippen LogP contribution in [-0.2, 0) is 26.2 Å². The standard InChI is InChI=1S/C27H29Cl2N3O4S/c1-19(2)30-27(34)20(3)31(17-21-8-5-4-6-9-21)26(33)18-32(24-11-7-10-23(29)16-24)37(35,36)25-14-12-22(28)13-15-25/h4-16,19-20H,17-18H2,1-3H3,(H,30,34)/t20-/m1/s1. The maximum atomic E-state index is 13.8. The average molecular weight is 563 g/mol. The van der Waals surface area contributed by atoms with E-state index in [1.807, 2.05) is 44.2 Å². The second-order valence-electron chi connectivity index (χ2n) is 8.79. The van der Waals surface area contributed by atoms with Crippen LogP contribution in [0.3, 0.4) is 0 Å². The minimum atomic E-state index is -4.19. The van der Waals surface area contributed by atoms with E-state index in [0.717, 1.165) is 9.87 Å². The van der Waals surface area contributed by atoms with Gasteiger partial charge >= 0.3 is 0 Å². The van der Waals surface area contributed by atoms with Gasteiger partial charge in [-0.3, -0.25) is 13.9 Å². The topological polar surface area (TPSA) is 86.8 Å². The Hall–Kier alpha value is -3.07. The van der Waals surface area contributed by atoms with Crippen LogP contribution in [0.1, 0.15) is 26.3 Å². The molecular weight excluding hydrogens is 533 g/mol. The molecule has 2 amide bonds. The van der Waals surface area contributed by atoms with Crippen molar-refractivity contribution in [2.45, 2.75) is 44.3 Å². The molecule has 1 N–H and O–H groups in total. The number of sulfonamides is 1. The molecule has 7 nitrogen and oxygen atoms in total. The smallest absolute Gasteiger partial charge is 0.264 e. The van der Waals surface area contributed by atoms with Gasteiger partial charge in [0, 0.05) is 22.6 Å². The van der Waals surface area contributed by atoms with Crippen molar-refractivity contribution >= 4 is 50.7 Å². The largest absolute Gasteiger partial charge is 0.352 e. The molecule has 0 radical (unpaired) electrons. The molecule has 1 atom stereocenters. The quantitative estimate of drug-likeness (QED) is 0.371. The Labute approximate surface area is 228 Å². The average Bonchev–Trinajstić information content (AvgIpc) is 2.85. The molecule has 0 aliphatic carbocycles. The Kier molecular flexibility index (Phi) is 9.59. The van der Waals surface area contributed by atoms with Gasteiger partial charge in [-0.25, -0.2) is 8.42 Å². The summed E-state index contributed by atoms with van der Waals surface area (Å²) in [5.74, 6) is -0.887. The zero-order chi connectivity index (χ0) is 27.2. The molecule has 0 aliphatic rings. The van der Waals surface area contributed by atoms with E-state index in [2.05, 4.69) is 5.32 Å². The highest BCUT2D eigenvalue weighted by atomic mass is 35.5. The van der Waals surface area contributed by atoms with Gasteiger partial charge in [-0.15, -0.1) is 0 Å². The van der Waals surface area contributed by atoms with E-state index in [1.54, 1.807) is 25.1 Å². The highest BCUT2D eigenvalue weighted by Gasteiger charge is 2.32. The lowest BCUT2D eigenvalue weighted by Gasteiger charge is -2.32. The fourth-order valence-electron chi connectivity index (χ4n) is 3.66. The molecule has 3 aromatic carbocycles. The zero-order valence-electron chi connectivity index (χ0n) is 20.8. The molecule has 0 spiro atoms. The van der Waals surface area contributed by atoms with E-state index >= 15 is 0 Å². The highest BCUT2D eigenvalue weighted by Crippen LogP contribution is 2.27. The van der Waals surface area contributed by atoms with E-state index in [4.69, 9.17) is 23.2 Å². The molecule has 0 saturated heterocycles. The normalized spacial score (nSPS) is 12.2. The fraction of sp³-hybridized carbons (Fsp3) is 0.259. The Morgan fingerprint density at radius 3 is 2.11 bits per heavy atom. The van der Waals surface area contributed by atoms with E-state index in [1.165, 1.54) is 35.2 Å². The second-order valence-corrected chi connectivity index (χ2v) is 11.5. The number of nitrogens with one attached hydrogen (secondary N) is 1. The lowest BCUT2D eigenvalue weighted by molar-refractivity contribution is -0.139. The first-order valence-electron chi connectivity index (χ1n) is 11.7. The van der Waals surface area contributed by atoms with Crippen molar-refractivity contribution in [2.75, 3.05) is 10.8 Å². The van der Waals surface area contributed by atoms with Crippen molar-refractivity contribution in [3.63, 3.8) is 0 Å². The Morgan fingerprint density at radius 2 is 1.51 bits per heavy atom. The molecule has 0 aliphatic heterocycles. The molecule has 37 heavy (non-hydrogen) atoms. The molecule has 10 heteroatoms. The third-order valence-electron chi connectivity index (χ3n) is 5.57. The third-order valence-corrected chi connectivity index (χ3v) is 7.85. The van der Waals surface area contributed by atoms with Gasteiger partial charge in [0.25, 0.3) is 10.0 Å². The number of carbonyl (C=O) groups is 2. The summed E-state index contributed by atoms with van der Waals surface area (Å²) in [5.41, 5.74) is 1.02. The SMILES string of the molecule is CC(C)NC(=O)[C@@H](C)N(Cc1ccccc1)C(=O)CN(c1cccc(Cl)c1)S(=O)(=O)c1ccc(Cl)cc1. The van der Waals surface area contributed by atoms with Gasteiger partial charge in [-0.05, 0) is 68.8 Å². The Balaban J connectivity index is 2.02. The number of hydrogen-bond acceptors (Lipinski definition) is 4. The number of carbonyl (C=O) groups excluding carboxylic acids is 2. The summed E-state index contributed by atoms with van der Waals surface area (Å²) in [5, 5.41) is 3.51. The lowest BCUT2D eigenvalue weighted by atomic mass is 10.1. The van der Waals surface area contributed by atoms with Crippen LogP contribution in [0.2, 0.25) is 10.0 Å². The first-order valence-corrected chi connectivity index (χ1v) is 13.9. The van der Waals surface area contributed by atoms with Crippen LogP contribution in [0.4, 0.5) is 5.69 Å². The van der Waals surface area contributed by atoms with Crippen LogP contribution in [0.5, 0.6) is 0 Å². The molecule has 0 aromatic heterocycles.